The molecule has 0 aromatic carbocycles. The van der Waals surface area contributed by atoms with Crippen molar-refractivity contribution >= 4 is 65.0 Å². The highest BCUT2D eigenvalue weighted by Gasteiger charge is 2.50. The molecule has 5 saturated heterocycles. The fourth-order valence-corrected chi connectivity index (χ4v) is 9.94. The van der Waals surface area contributed by atoms with Gasteiger partial charge in [0.05, 0.1) is 38.5 Å². The number of anilines is 3. The number of nitrogens with zero attached hydrogens (tertiary/aromatic N) is 5. The Morgan fingerprint density at radius 1 is 0.525 bits per heavy atom. The second kappa shape index (κ2) is 33.2. The molecule has 27 heteroatoms. The molecule has 7 amide bonds. The van der Waals surface area contributed by atoms with E-state index in [1.807, 2.05) is 4.90 Å². The van der Waals surface area contributed by atoms with Crippen LogP contribution in [0.25, 0.3) is 0 Å². The number of amides is 7. The van der Waals surface area contributed by atoms with Crippen LogP contribution in [0.5, 0.6) is 0 Å². The number of hydrogen-bond donors (Lipinski definition) is 8. The highest BCUT2D eigenvalue weighted by atomic mass is 16.7. The van der Waals surface area contributed by atoms with Crippen LogP contribution in [0.2, 0.25) is 0 Å². The minimum absolute atomic E-state index is 0.00429. The maximum Gasteiger partial charge on any atom is 0.232 e. The number of carbonyl (C=O) groups is 8. The lowest BCUT2D eigenvalue weighted by molar-refractivity contribution is -0.159. The van der Waals surface area contributed by atoms with Gasteiger partial charge >= 0.3 is 0 Å². The number of rotatable bonds is 37. The summed E-state index contributed by atoms with van der Waals surface area (Å²) in [5, 5.41) is 23.5. The molecule has 0 unspecified atom stereocenters. The lowest BCUT2D eigenvalue weighted by atomic mass is 9.94. The highest BCUT2D eigenvalue weighted by Crippen LogP contribution is 2.38. The minimum atomic E-state index is -0.491. The quantitative estimate of drug-likeness (QED) is 0.0416. The summed E-state index contributed by atoms with van der Waals surface area (Å²) in [5.41, 5.74) is -0.981. The SMILES string of the molecule is CC(=O)CCCC(=O)N1CCN(c2nc(NCCC(=O)NCCCNC(=O)CCCCOC[C@@]34CC[C@@H](NC(C)=O)[C@H](OC3)O4)nc(NCCC(=O)NCCCNC(=O)CCCCOC[C@@]34CC[C@@H](NC(C)=O)[C@H](OC3)O4)n2)CC1. The molecule has 4 bridgehead atoms. The summed E-state index contributed by atoms with van der Waals surface area (Å²) in [7, 11) is 0. The first kappa shape index (κ1) is 63.3. The Balaban J connectivity index is 0.814. The van der Waals surface area contributed by atoms with Gasteiger partial charge in [-0.1, -0.05) is 0 Å². The van der Waals surface area contributed by atoms with Gasteiger partial charge in [-0.25, -0.2) is 0 Å². The van der Waals surface area contributed by atoms with E-state index < -0.39 is 23.8 Å². The first-order valence-electron chi connectivity index (χ1n) is 28.7. The number of carbonyl (C=O) groups excluding carboxylic acids is 8. The van der Waals surface area contributed by atoms with Crippen molar-refractivity contribution < 1.29 is 66.8 Å². The van der Waals surface area contributed by atoms with E-state index in [2.05, 4.69) is 57.5 Å². The van der Waals surface area contributed by atoms with Crippen LogP contribution in [0.1, 0.15) is 130 Å². The number of piperazine rings is 1. The van der Waals surface area contributed by atoms with Gasteiger partial charge in [0.15, 0.2) is 12.6 Å². The second-order valence-electron chi connectivity index (χ2n) is 21.3. The summed E-state index contributed by atoms with van der Waals surface area (Å²) in [6, 6.07) is -0.301. The molecule has 5 fully saturated rings. The van der Waals surface area contributed by atoms with Crippen molar-refractivity contribution in [3.8, 4) is 0 Å². The number of fused-ring (bicyclic) bond motifs is 4. The van der Waals surface area contributed by atoms with Gasteiger partial charge in [0.25, 0.3) is 0 Å². The third-order valence-electron chi connectivity index (χ3n) is 14.3. The predicted molar refractivity (Wildman–Crippen MR) is 291 cm³/mol. The highest BCUT2D eigenvalue weighted by molar-refractivity contribution is 5.79. The van der Waals surface area contributed by atoms with Crippen molar-refractivity contribution in [2.24, 2.45) is 0 Å². The number of nitrogens with one attached hydrogen (secondary N) is 8. The molecular weight excluding hydrogens is 1040 g/mol. The molecule has 6 rings (SSSR count). The van der Waals surface area contributed by atoms with Crippen LogP contribution in [0.15, 0.2) is 0 Å². The Hall–Kier alpha value is -5.87. The zero-order valence-electron chi connectivity index (χ0n) is 47.1. The average Bonchev–Trinajstić information content (AvgIpc) is 4.01. The maximum atomic E-state index is 12.8. The number of ketones is 1. The smallest absolute Gasteiger partial charge is 0.232 e. The van der Waals surface area contributed by atoms with Crippen molar-refractivity contribution in [1.29, 1.82) is 0 Å². The van der Waals surface area contributed by atoms with Gasteiger partial charge in [-0.05, 0) is 77.6 Å². The van der Waals surface area contributed by atoms with Crippen LogP contribution >= 0.6 is 0 Å². The minimum Gasteiger partial charge on any atom is -0.378 e. The van der Waals surface area contributed by atoms with Crippen molar-refractivity contribution in [2.45, 2.75) is 166 Å². The molecule has 8 N–H and O–H groups in total. The van der Waals surface area contributed by atoms with Crippen molar-refractivity contribution in [3.05, 3.63) is 0 Å². The van der Waals surface area contributed by atoms with E-state index in [4.69, 9.17) is 28.4 Å². The molecule has 0 radical (unpaired) electrons. The standard InChI is InChI=1S/C53H87N13O14/c1-37(67)11-8-14-46(74)65-27-29-66(30-28-65)51-63-49(58-25-17-44(72)56-23-9-21-54-42(70)12-4-6-31-75-33-52-19-15-40(60-38(2)68)47(79-52)77-35-52)62-50(64-51)59-26-18-45(73)57-24-10-22-55-43(71)13-5-7-32-76-34-53-20-16-41(61-39(3)69)48(80-53)78-36-53/h40-41,47-48H,4-36H2,1-3H3,(H,54,70)(H,55,71)(H,56,72)(H,57,73)(H,60,68)(H,61,69)(H2,58,59,62,63,64)/t40-,41-,47-,48-,52+,53+/m1/s1. The largest absolute Gasteiger partial charge is 0.378 e. The second-order valence-corrected chi connectivity index (χ2v) is 21.3. The van der Waals surface area contributed by atoms with Crippen LogP contribution in [0.4, 0.5) is 17.8 Å². The Kier molecular flexibility index (Phi) is 26.2. The van der Waals surface area contributed by atoms with Gasteiger partial charge in [0.2, 0.25) is 59.2 Å². The van der Waals surface area contributed by atoms with Gasteiger partial charge < -0.3 is 85.5 Å². The first-order chi connectivity index (χ1) is 38.6. The summed E-state index contributed by atoms with van der Waals surface area (Å²) in [4.78, 5) is 115. The monoisotopic (exact) mass is 1130 g/mol. The van der Waals surface area contributed by atoms with Crippen LogP contribution in [-0.4, -0.2) is 208 Å². The molecule has 6 atom stereocenters. The van der Waals surface area contributed by atoms with Crippen molar-refractivity contribution in [3.63, 3.8) is 0 Å². The summed E-state index contributed by atoms with van der Waals surface area (Å²) in [6.07, 6.45) is 8.12. The molecule has 448 valence electrons. The van der Waals surface area contributed by atoms with E-state index in [1.54, 1.807) is 4.90 Å². The number of hydrogen-bond acceptors (Lipinski definition) is 20. The van der Waals surface area contributed by atoms with Gasteiger partial charge in [0, 0.05) is 131 Å². The van der Waals surface area contributed by atoms with Crippen LogP contribution < -0.4 is 47.4 Å². The topological polar surface area (TPSA) is 333 Å². The Bertz CT molecular complexity index is 2090. The summed E-state index contributed by atoms with van der Waals surface area (Å²) >= 11 is 0. The van der Waals surface area contributed by atoms with Gasteiger partial charge in [-0.15, -0.1) is 0 Å². The third-order valence-corrected chi connectivity index (χ3v) is 14.3. The molecular formula is C53H87N13O14. The van der Waals surface area contributed by atoms with Gasteiger partial charge in [-0.3, -0.25) is 33.6 Å². The average molecular weight is 1130 g/mol. The third kappa shape index (κ3) is 22.2. The Labute approximate surface area is 468 Å². The zero-order chi connectivity index (χ0) is 57.2. The number of Topliss-reactive ketones (excluding diaryl/α,β-unsaturated/α-hetero) is 1. The number of aromatic nitrogens is 3. The lowest BCUT2D eigenvalue weighted by Crippen LogP contribution is -2.50. The van der Waals surface area contributed by atoms with E-state index in [1.165, 1.54) is 20.8 Å². The van der Waals surface area contributed by atoms with Gasteiger partial charge in [-0.2, -0.15) is 15.0 Å². The van der Waals surface area contributed by atoms with E-state index in [9.17, 15) is 38.4 Å². The molecule has 6 heterocycles. The van der Waals surface area contributed by atoms with Crippen LogP contribution in [0, 0.1) is 0 Å². The lowest BCUT2D eigenvalue weighted by Gasteiger charge is -2.35. The molecule has 1 aromatic heterocycles. The molecule has 5 aliphatic rings. The van der Waals surface area contributed by atoms with E-state index in [-0.39, 0.29) is 97.0 Å². The molecule has 0 saturated carbocycles. The number of unbranched alkanes of at least 4 members (excludes halogenated alkanes) is 2. The molecule has 27 nitrogen and oxygen atoms in total. The number of ether oxygens (including phenoxy) is 6. The fourth-order valence-electron chi connectivity index (χ4n) is 9.94. The van der Waals surface area contributed by atoms with E-state index in [0.717, 1.165) is 25.7 Å². The fraction of sp³-hybridized carbons (Fsp3) is 0.792. The normalized spacial score (nSPS) is 22.9. The predicted octanol–water partition coefficient (Wildman–Crippen LogP) is 0.323. The van der Waals surface area contributed by atoms with Crippen molar-refractivity contribution in [1.82, 2.24) is 51.8 Å². The molecule has 5 aliphatic heterocycles. The van der Waals surface area contributed by atoms with E-state index in [0.29, 0.717) is 169 Å². The maximum absolute atomic E-state index is 12.8. The van der Waals surface area contributed by atoms with Crippen molar-refractivity contribution in [2.75, 3.05) is 121 Å². The zero-order valence-corrected chi connectivity index (χ0v) is 47.1. The first-order valence-corrected chi connectivity index (χ1v) is 28.7. The van der Waals surface area contributed by atoms with Crippen LogP contribution in [0.3, 0.4) is 0 Å². The summed E-state index contributed by atoms with van der Waals surface area (Å²) in [6.45, 7) is 11.0. The van der Waals surface area contributed by atoms with Crippen LogP contribution in [-0.2, 0) is 66.8 Å². The molecule has 1 aromatic rings. The Morgan fingerprint density at radius 3 is 1.41 bits per heavy atom. The summed E-state index contributed by atoms with van der Waals surface area (Å²) in [5.74, 6) is 0.129. The Morgan fingerprint density at radius 2 is 0.975 bits per heavy atom. The molecule has 80 heavy (non-hydrogen) atoms. The van der Waals surface area contributed by atoms with Gasteiger partial charge in [0.1, 0.15) is 17.0 Å². The van der Waals surface area contributed by atoms with E-state index >= 15 is 0 Å². The molecule has 0 spiro atoms. The molecule has 0 aliphatic carbocycles. The summed E-state index contributed by atoms with van der Waals surface area (Å²) < 4.78 is 35.4.